The number of hydrogen-bond acceptors (Lipinski definition) is 6. The number of hydrogen-bond donors (Lipinski definition) is 0. The predicted molar refractivity (Wildman–Crippen MR) is 109 cm³/mol. The van der Waals surface area contributed by atoms with Crippen molar-refractivity contribution in [2.75, 3.05) is 0 Å². The molecule has 0 aromatic heterocycles. The van der Waals surface area contributed by atoms with Crippen LogP contribution in [0.2, 0.25) is 0 Å². The van der Waals surface area contributed by atoms with Gasteiger partial charge in [0.2, 0.25) is 0 Å². The third-order valence-electron chi connectivity index (χ3n) is 6.50. The van der Waals surface area contributed by atoms with Gasteiger partial charge in [0.05, 0.1) is 11.3 Å². The monoisotopic (exact) mass is 410 g/mol. The largest absolute Gasteiger partial charge is 0.462 e. The van der Waals surface area contributed by atoms with Crippen molar-refractivity contribution in [1.82, 2.24) is 0 Å². The molecule has 1 saturated carbocycles. The minimum absolute atomic E-state index is 0.128. The lowest BCUT2D eigenvalue weighted by Gasteiger charge is -2.32. The Hall–Kier alpha value is -1.59. The van der Waals surface area contributed by atoms with Crippen LogP contribution in [0.1, 0.15) is 98.8 Å². The number of ether oxygens (including phenoxy) is 3. The van der Waals surface area contributed by atoms with Crippen LogP contribution in [-0.4, -0.2) is 35.7 Å². The zero-order valence-corrected chi connectivity index (χ0v) is 18.8. The molecule has 6 nitrogen and oxygen atoms in total. The molecule has 0 aromatic rings. The second-order valence-electron chi connectivity index (χ2n) is 9.54. The topological polar surface area (TPSA) is 78.9 Å². The van der Waals surface area contributed by atoms with Gasteiger partial charge in [-0.3, -0.25) is 9.59 Å². The van der Waals surface area contributed by atoms with Gasteiger partial charge in [-0.05, 0) is 78.6 Å². The smallest absolute Gasteiger partial charge is 0.347 e. The van der Waals surface area contributed by atoms with Gasteiger partial charge in [0.1, 0.15) is 11.7 Å². The van der Waals surface area contributed by atoms with Crippen LogP contribution >= 0.6 is 0 Å². The van der Waals surface area contributed by atoms with E-state index in [0.29, 0.717) is 32.1 Å². The third-order valence-corrected chi connectivity index (χ3v) is 6.50. The number of cyclic esters (lactones) is 1. The second-order valence-corrected chi connectivity index (χ2v) is 9.54. The Kier molecular flexibility index (Phi) is 8.12. The van der Waals surface area contributed by atoms with E-state index < -0.39 is 23.1 Å². The van der Waals surface area contributed by atoms with E-state index in [1.54, 1.807) is 0 Å². The quantitative estimate of drug-likeness (QED) is 0.446. The van der Waals surface area contributed by atoms with Gasteiger partial charge in [0.25, 0.3) is 0 Å². The highest BCUT2D eigenvalue weighted by Crippen LogP contribution is 2.33. The SMILES string of the molecule is CCCC(C)(CC)C(=O)OC1CCC(C(=O)OC2CCCC(C)(C)OC2=O)CC1. The van der Waals surface area contributed by atoms with Gasteiger partial charge in [-0.1, -0.05) is 20.3 Å². The van der Waals surface area contributed by atoms with Crippen molar-refractivity contribution in [3.05, 3.63) is 0 Å². The standard InChI is InChI=1S/C23H38O6/c1-6-14-23(5,7-2)21(26)27-17-12-10-16(11-13-17)19(24)28-18-9-8-15-22(3,4)29-20(18)25/h16-18H,6-15H2,1-5H3. The van der Waals surface area contributed by atoms with Gasteiger partial charge in [0.15, 0.2) is 6.10 Å². The normalized spacial score (nSPS) is 29.1. The summed E-state index contributed by atoms with van der Waals surface area (Å²) < 4.78 is 16.7. The average Bonchev–Trinajstić information content (AvgIpc) is 2.79. The molecule has 1 heterocycles. The van der Waals surface area contributed by atoms with E-state index in [0.717, 1.165) is 32.1 Å². The maximum absolute atomic E-state index is 12.6. The molecule has 2 rings (SSSR count). The van der Waals surface area contributed by atoms with Crippen molar-refractivity contribution >= 4 is 17.9 Å². The average molecular weight is 411 g/mol. The fourth-order valence-corrected chi connectivity index (χ4v) is 4.25. The van der Waals surface area contributed by atoms with Crippen LogP contribution in [-0.2, 0) is 28.6 Å². The molecule has 0 N–H and O–H groups in total. The van der Waals surface area contributed by atoms with E-state index in [4.69, 9.17) is 14.2 Å². The number of rotatable bonds is 7. The summed E-state index contributed by atoms with van der Waals surface area (Å²) in [6.07, 6.45) is 6.16. The maximum Gasteiger partial charge on any atom is 0.347 e. The molecule has 0 spiro atoms. The Morgan fingerprint density at radius 3 is 2.34 bits per heavy atom. The zero-order valence-electron chi connectivity index (χ0n) is 18.8. The molecule has 166 valence electrons. The summed E-state index contributed by atoms with van der Waals surface area (Å²) in [6.45, 7) is 9.81. The molecule has 1 aliphatic carbocycles. The molecule has 2 fully saturated rings. The highest BCUT2D eigenvalue weighted by Gasteiger charge is 2.38. The summed E-state index contributed by atoms with van der Waals surface area (Å²) in [6, 6.07) is 0. The van der Waals surface area contributed by atoms with E-state index in [2.05, 4.69) is 6.92 Å². The van der Waals surface area contributed by atoms with Crippen LogP contribution in [0.5, 0.6) is 0 Å². The molecule has 0 aromatic carbocycles. The van der Waals surface area contributed by atoms with Crippen molar-refractivity contribution < 1.29 is 28.6 Å². The first-order valence-corrected chi connectivity index (χ1v) is 11.2. The van der Waals surface area contributed by atoms with Gasteiger partial charge >= 0.3 is 17.9 Å². The van der Waals surface area contributed by atoms with Gasteiger partial charge < -0.3 is 14.2 Å². The van der Waals surface area contributed by atoms with Crippen LogP contribution < -0.4 is 0 Å². The van der Waals surface area contributed by atoms with Crippen molar-refractivity contribution in [2.45, 2.75) is 117 Å². The van der Waals surface area contributed by atoms with Crippen LogP contribution in [0.3, 0.4) is 0 Å². The highest BCUT2D eigenvalue weighted by molar-refractivity contribution is 5.81. The molecule has 2 aliphatic rings. The maximum atomic E-state index is 12.6. The van der Waals surface area contributed by atoms with Crippen molar-refractivity contribution in [1.29, 1.82) is 0 Å². The molecule has 0 bridgehead atoms. The molecule has 2 unspecified atom stereocenters. The molecular weight excluding hydrogens is 372 g/mol. The Balaban J connectivity index is 1.82. The zero-order chi connectivity index (χ0) is 21.7. The molecule has 29 heavy (non-hydrogen) atoms. The summed E-state index contributed by atoms with van der Waals surface area (Å²) in [7, 11) is 0. The summed E-state index contributed by atoms with van der Waals surface area (Å²) >= 11 is 0. The van der Waals surface area contributed by atoms with Gasteiger partial charge in [0, 0.05) is 0 Å². The Morgan fingerprint density at radius 1 is 1.10 bits per heavy atom. The Bertz CT molecular complexity index is 590. The molecule has 2 atom stereocenters. The van der Waals surface area contributed by atoms with Crippen LogP contribution in [0.15, 0.2) is 0 Å². The second kappa shape index (κ2) is 9.94. The van der Waals surface area contributed by atoms with E-state index in [1.165, 1.54) is 0 Å². The lowest BCUT2D eigenvalue weighted by Crippen LogP contribution is -2.37. The molecule has 6 heteroatoms. The predicted octanol–water partition coefficient (Wildman–Crippen LogP) is 4.72. The van der Waals surface area contributed by atoms with E-state index in [9.17, 15) is 14.4 Å². The molecule has 1 saturated heterocycles. The van der Waals surface area contributed by atoms with E-state index in [1.807, 2.05) is 27.7 Å². The van der Waals surface area contributed by atoms with E-state index in [-0.39, 0.29) is 24.0 Å². The van der Waals surface area contributed by atoms with Crippen molar-refractivity contribution in [2.24, 2.45) is 11.3 Å². The van der Waals surface area contributed by atoms with Gasteiger partial charge in [-0.25, -0.2) is 4.79 Å². The Labute approximate surface area is 175 Å². The van der Waals surface area contributed by atoms with Crippen LogP contribution in [0.4, 0.5) is 0 Å². The molecular formula is C23H38O6. The van der Waals surface area contributed by atoms with Crippen molar-refractivity contribution in [3.63, 3.8) is 0 Å². The minimum Gasteiger partial charge on any atom is -0.462 e. The van der Waals surface area contributed by atoms with Gasteiger partial charge in [-0.2, -0.15) is 0 Å². The number of carbonyl (C=O) groups excluding carboxylic acids is 3. The third kappa shape index (κ3) is 6.45. The highest BCUT2D eigenvalue weighted by atomic mass is 16.6. The first-order valence-electron chi connectivity index (χ1n) is 11.2. The minimum atomic E-state index is -0.806. The number of esters is 3. The number of carbonyl (C=O) groups is 3. The fraction of sp³-hybridized carbons (Fsp3) is 0.870. The van der Waals surface area contributed by atoms with Crippen molar-refractivity contribution in [3.8, 4) is 0 Å². The summed E-state index contributed by atoms with van der Waals surface area (Å²) in [5, 5.41) is 0. The fourth-order valence-electron chi connectivity index (χ4n) is 4.25. The molecule has 1 aliphatic heterocycles. The summed E-state index contributed by atoms with van der Waals surface area (Å²) in [4.78, 5) is 37.4. The lowest BCUT2D eigenvalue weighted by atomic mass is 9.82. The summed E-state index contributed by atoms with van der Waals surface area (Å²) in [5.41, 5.74) is -0.941. The summed E-state index contributed by atoms with van der Waals surface area (Å²) in [5.74, 6) is -1.15. The first-order chi connectivity index (χ1) is 13.6. The first kappa shape index (κ1) is 23.7. The van der Waals surface area contributed by atoms with Crippen LogP contribution in [0.25, 0.3) is 0 Å². The molecule has 0 amide bonds. The van der Waals surface area contributed by atoms with E-state index >= 15 is 0 Å². The lowest BCUT2D eigenvalue weighted by molar-refractivity contribution is -0.178. The van der Waals surface area contributed by atoms with Gasteiger partial charge in [-0.15, -0.1) is 0 Å². The van der Waals surface area contributed by atoms with Crippen LogP contribution in [0, 0.1) is 11.3 Å². The molecule has 0 radical (unpaired) electrons. The Morgan fingerprint density at radius 2 is 1.76 bits per heavy atom.